The van der Waals surface area contributed by atoms with E-state index in [9.17, 15) is 9.90 Å². The Morgan fingerprint density at radius 3 is 2.68 bits per heavy atom. The van der Waals surface area contributed by atoms with Crippen LogP contribution in [0.5, 0.6) is 11.5 Å². The molecule has 0 radical (unpaired) electrons. The fourth-order valence-electron chi connectivity index (χ4n) is 1.68. The molecule has 1 aromatic carbocycles. The Morgan fingerprint density at radius 1 is 1.36 bits per heavy atom. The Hall–Kier alpha value is -2.48. The van der Waals surface area contributed by atoms with Gasteiger partial charge < -0.3 is 19.4 Å². The van der Waals surface area contributed by atoms with Crippen LogP contribution in [-0.2, 0) is 4.79 Å². The third-order valence-corrected chi connectivity index (χ3v) is 3.58. The summed E-state index contributed by atoms with van der Waals surface area (Å²) < 4.78 is 10.3. The van der Waals surface area contributed by atoms with Crippen molar-refractivity contribution in [2.75, 3.05) is 14.2 Å². The highest BCUT2D eigenvalue weighted by atomic mass is 32.2. The summed E-state index contributed by atoms with van der Waals surface area (Å²) in [6.07, 6.45) is 1.45. The predicted molar refractivity (Wildman–Crippen MR) is 79.5 cm³/mol. The lowest BCUT2D eigenvalue weighted by atomic mass is 10.1. The van der Waals surface area contributed by atoms with Gasteiger partial charge in [0.25, 0.3) is 0 Å². The van der Waals surface area contributed by atoms with Crippen molar-refractivity contribution in [3.8, 4) is 11.5 Å². The molecule has 0 bridgehead atoms. The monoisotopic (exact) mass is 320 g/mol. The summed E-state index contributed by atoms with van der Waals surface area (Å²) in [5.74, 6) is 0.388. The molecular weight excluding hydrogens is 306 g/mol. The van der Waals surface area contributed by atoms with Crippen LogP contribution >= 0.6 is 11.8 Å². The standard InChI is InChI=1S/C14H15N3O4S/c1-8-15-14(17-16-8)22-12(13(18)19)6-9-4-5-10(20-2)7-11(9)21-3/h4-7H,1-3H3,(H,18,19)(H,15,16,17)/p-1/b12-6-. The molecule has 0 fully saturated rings. The van der Waals surface area contributed by atoms with Crippen molar-refractivity contribution in [1.82, 2.24) is 15.2 Å². The zero-order valence-corrected chi connectivity index (χ0v) is 13.1. The number of hydrogen-bond donors (Lipinski definition) is 1. The lowest BCUT2D eigenvalue weighted by molar-refractivity contribution is -0.297. The first-order chi connectivity index (χ1) is 10.5. The van der Waals surface area contributed by atoms with Crippen molar-refractivity contribution >= 4 is 23.8 Å². The minimum absolute atomic E-state index is 0.0255. The molecule has 116 valence electrons. The summed E-state index contributed by atoms with van der Waals surface area (Å²) >= 11 is 0.900. The molecule has 0 saturated carbocycles. The number of rotatable bonds is 6. The summed E-state index contributed by atoms with van der Waals surface area (Å²) in [6, 6.07) is 5.08. The maximum Gasteiger partial charge on any atom is 0.213 e. The van der Waals surface area contributed by atoms with Gasteiger partial charge in [-0.2, -0.15) is 0 Å². The van der Waals surface area contributed by atoms with Crippen molar-refractivity contribution in [3.63, 3.8) is 0 Å². The first-order valence-electron chi connectivity index (χ1n) is 6.25. The normalized spacial score (nSPS) is 11.3. The number of aryl methyl sites for hydroxylation is 1. The Kier molecular flexibility index (Phi) is 5.05. The number of aliphatic carboxylic acids is 1. The number of methoxy groups -OCH3 is 2. The van der Waals surface area contributed by atoms with Crippen molar-refractivity contribution in [2.45, 2.75) is 12.1 Å². The summed E-state index contributed by atoms with van der Waals surface area (Å²) in [6.45, 7) is 1.73. The molecule has 7 nitrogen and oxygen atoms in total. The number of ether oxygens (including phenoxy) is 2. The number of carbonyl (C=O) groups is 1. The van der Waals surface area contributed by atoms with E-state index in [1.165, 1.54) is 20.3 Å². The van der Waals surface area contributed by atoms with Crippen molar-refractivity contribution < 1.29 is 19.4 Å². The summed E-state index contributed by atoms with van der Waals surface area (Å²) in [5, 5.41) is 18.2. The van der Waals surface area contributed by atoms with E-state index >= 15 is 0 Å². The number of nitrogens with zero attached hydrogens (tertiary/aromatic N) is 2. The van der Waals surface area contributed by atoms with Gasteiger partial charge in [0, 0.05) is 16.5 Å². The number of hydrogen-bond acceptors (Lipinski definition) is 7. The molecule has 0 aliphatic heterocycles. The van der Waals surface area contributed by atoms with E-state index in [0.29, 0.717) is 28.0 Å². The topological polar surface area (TPSA) is 100 Å². The lowest BCUT2D eigenvalue weighted by Gasteiger charge is -2.10. The average molecular weight is 320 g/mol. The van der Waals surface area contributed by atoms with Gasteiger partial charge in [0.05, 0.1) is 20.2 Å². The van der Waals surface area contributed by atoms with Crippen LogP contribution in [0.4, 0.5) is 0 Å². The molecule has 22 heavy (non-hydrogen) atoms. The minimum Gasteiger partial charge on any atom is -0.544 e. The number of thioether (sulfide) groups is 1. The van der Waals surface area contributed by atoms with E-state index < -0.39 is 5.97 Å². The van der Waals surface area contributed by atoms with Gasteiger partial charge in [-0.25, -0.2) is 4.98 Å². The average Bonchev–Trinajstić information content (AvgIpc) is 2.92. The maximum atomic E-state index is 11.3. The minimum atomic E-state index is -1.31. The molecule has 0 unspecified atom stereocenters. The number of H-pyrrole nitrogens is 1. The van der Waals surface area contributed by atoms with Crippen LogP contribution in [0.3, 0.4) is 0 Å². The summed E-state index contributed by atoms with van der Waals surface area (Å²) in [5.41, 5.74) is 0.585. The zero-order valence-electron chi connectivity index (χ0n) is 12.2. The molecule has 1 aromatic heterocycles. The van der Waals surface area contributed by atoms with Gasteiger partial charge in [0.15, 0.2) is 0 Å². The molecule has 2 rings (SSSR count). The third-order valence-electron chi connectivity index (χ3n) is 2.71. The second kappa shape index (κ2) is 6.99. The van der Waals surface area contributed by atoms with E-state index in [1.54, 1.807) is 25.1 Å². The number of benzene rings is 1. The van der Waals surface area contributed by atoms with Crippen LogP contribution in [-0.4, -0.2) is 35.4 Å². The lowest BCUT2D eigenvalue weighted by Crippen LogP contribution is -2.23. The highest BCUT2D eigenvalue weighted by Crippen LogP contribution is 2.30. The van der Waals surface area contributed by atoms with Crippen molar-refractivity contribution in [3.05, 3.63) is 34.5 Å². The number of aromatic nitrogens is 3. The van der Waals surface area contributed by atoms with Gasteiger partial charge in [0.1, 0.15) is 17.3 Å². The van der Waals surface area contributed by atoms with Crippen LogP contribution in [0.25, 0.3) is 6.08 Å². The van der Waals surface area contributed by atoms with Crippen LogP contribution in [0, 0.1) is 6.92 Å². The smallest absolute Gasteiger partial charge is 0.213 e. The Morgan fingerprint density at radius 2 is 2.14 bits per heavy atom. The van der Waals surface area contributed by atoms with Crippen LogP contribution in [0.1, 0.15) is 11.4 Å². The first kappa shape index (κ1) is 15.9. The number of carbonyl (C=O) groups excluding carboxylic acids is 1. The Balaban J connectivity index is 2.35. The number of nitrogens with one attached hydrogen (secondary N) is 1. The van der Waals surface area contributed by atoms with Gasteiger partial charge in [0.2, 0.25) is 5.16 Å². The van der Waals surface area contributed by atoms with E-state index in [0.717, 1.165) is 11.8 Å². The highest BCUT2D eigenvalue weighted by molar-refractivity contribution is 8.04. The van der Waals surface area contributed by atoms with Crippen LogP contribution < -0.4 is 14.6 Å². The van der Waals surface area contributed by atoms with E-state index in [4.69, 9.17) is 9.47 Å². The Labute approximate surface area is 131 Å². The predicted octanol–water partition coefficient (Wildman–Crippen LogP) is 1.01. The Bertz CT molecular complexity index is 712. The summed E-state index contributed by atoms with van der Waals surface area (Å²) in [4.78, 5) is 15.3. The molecule has 0 spiro atoms. The van der Waals surface area contributed by atoms with Crippen LogP contribution in [0.2, 0.25) is 0 Å². The van der Waals surface area contributed by atoms with Crippen LogP contribution in [0.15, 0.2) is 28.3 Å². The quantitative estimate of drug-likeness (QED) is 0.626. The highest BCUT2D eigenvalue weighted by Gasteiger charge is 2.10. The van der Waals surface area contributed by atoms with Gasteiger partial charge in [-0.3, -0.25) is 5.10 Å². The molecule has 0 aliphatic carbocycles. The largest absolute Gasteiger partial charge is 0.544 e. The number of carboxylic acids is 1. The molecule has 1 N–H and O–H groups in total. The number of carboxylic acid groups (broad SMARTS) is 1. The van der Waals surface area contributed by atoms with E-state index in [-0.39, 0.29) is 4.91 Å². The van der Waals surface area contributed by atoms with Crippen molar-refractivity contribution in [1.29, 1.82) is 0 Å². The molecule has 2 aromatic rings. The second-order valence-corrected chi connectivity index (χ2v) is 5.22. The SMILES string of the molecule is COc1ccc(/C=C(\Sc2n[nH]c(C)n2)C(=O)[O-])c(OC)c1. The summed E-state index contributed by atoms with van der Waals surface area (Å²) in [7, 11) is 3.04. The fraction of sp³-hybridized carbons (Fsp3) is 0.214. The second-order valence-electron chi connectivity index (χ2n) is 4.21. The van der Waals surface area contributed by atoms with Gasteiger partial charge in [-0.1, -0.05) is 0 Å². The van der Waals surface area contributed by atoms with Gasteiger partial charge in [-0.05, 0) is 36.9 Å². The molecule has 8 heteroatoms. The molecule has 0 saturated heterocycles. The fourth-order valence-corrected chi connectivity index (χ4v) is 2.41. The first-order valence-corrected chi connectivity index (χ1v) is 7.07. The molecule has 0 amide bonds. The number of aromatic amines is 1. The third kappa shape index (κ3) is 3.79. The molecule has 1 heterocycles. The molecule has 0 atom stereocenters. The van der Waals surface area contributed by atoms with Crippen molar-refractivity contribution in [2.24, 2.45) is 0 Å². The van der Waals surface area contributed by atoms with E-state index in [2.05, 4.69) is 15.2 Å². The zero-order chi connectivity index (χ0) is 16.1. The van der Waals surface area contributed by atoms with Gasteiger partial charge >= 0.3 is 0 Å². The maximum absolute atomic E-state index is 11.3. The van der Waals surface area contributed by atoms with Gasteiger partial charge in [-0.15, -0.1) is 5.10 Å². The van der Waals surface area contributed by atoms with E-state index in [1.807, 2.05) is 0 Å². The molecular formula is C14H14N3O4S-. The molecule has 0 aliphatic rings.